The molecule has 1 aromatic carbocycles. The SMILES string of the molecule is Cc1cncc(NC(c2ccccc2)c2ccco2)c1. The van der Waals surface area contributed by atoms with Crippen LogP contribution in [-0.2, 0) is 0 Å². The number of benzene rings is 1. The van der Waals surface area contributed by atoms with Crippen molar-refractivity contribution in [2.75, 3.05) is 5.32 Å². The predicted molar refractivity (Wildman–Crippen MR) is 79.6 cm³/mol. The highest BCUT2D eigenvalue weighted by Crippen LogP contribution is 2.26. The molecule has 0 aliphatic heterocycles. The number of pyridine rings is 1. The molecule has 3 rings (SSSR count). The zero-order valence-electron chi connectivity index (χ0n) is 11.3. The highest BCUT2D eigenvalue weighted by atomic mass is 16.3. The fraction of sp³-hybridized carbons (Fsp3) is 0.118. The molecule has 1 N–H and O–H groups in total. The van der Waals surface area contributed by atoms with Crippen LogP contribution >= 0.6 is 0 Å². The molecule has 0 aliphatic rings. The fourth-order valence-electron chi connectivity index (χ4n) is 2.22. The van der Waals surface area contributed by atoms with E-state index in [1.54, 1.807) is 6.26 Å². The summed E-state index contributed by atoms with van der Waals surface area (Å²) < 4.78 is 5.57. The first-order valence-corrected chi connectivity index (χ1v) is 6.59. The molecule has 3 nitrogen and oxygen atoms in total. The molecule has 0 spiro atoms. The van der Waals surface area contributed by atoms with Gasteiger partial charge in [-0.1, -0.05) is 30.3 Å². The second-order valence-corrected chi connectivity index (χ2v) is 4.75. The lowest BCUT2D eigenvalue weighted by Crippen LogP contribution is -2.11. The Morgan fingerprint density at radius 1 is 1.05 bits per heavy atom. The van der Waals surface area contributed by atoms with Gasteiger partial charge in [0.1, 0.15) is 11.8 Å². The number of furan rings is 1. The normalized spacial score (nSPS) is 12.1. The number of nitrogens with one attached hydrogen (secondary N) is 1. The molecule has 1 unspecified atom stereocenters. The maximum absolute atomic E-state index is 5.57. The van der Waals surface area contributed by atoms with Gasteiger partial charge in [-0.2, -0.15) is 0 Å². The number of hydrogen-bond acceptors (Lipinski definition) is 3. The van der Waals surface area contributed by atoms with E-state index in [2.05, 4.69) is 28.5 Å². The van der Waals surface area contributed by atoms with Gasteiger partial charge in [-0.25, -0.2) is 0 Å². The van der Waals surface area contributed by atoms with Gasteiger partial charge in [-0.05, 0) is 36.2 Å². The third-order valence-electron chi connectivity index (χ3n) is 3.15. The van der Waals surface area contributed by atoms with Crippen LogP contribution < -0.4 is 5.32 Å². The first-order valence-electron chi connectivity index (χ1n) is 6.59. The van der Waals surface area contributed by atoms with Crippen LogP contribution in [0.1, 0.15) is 22.9 Å². The molecule has 2 heterocycles. The van der Waals surface area contributed by atoms with Crippen molar-refractivity contribution < 1.29 is 4.42 Å². The monoisotopic (exact) mass is 264 g/mol. The minimum atomic E-state index is -0.0187. The standard InChI is InChI=1S/C17H16N2O/c1-13-10-15(12-18-11-13)19-17(16-8-5-9-20-16)14-6-3-2-4-7-14/h2-12,17,19H,1H3. The summed E-state index contributed by atoms with van der Waals surface area (Å²) >= 11 is 0. The lowest BCUT2D eigenvalue weighted by molar-refractivity contribution is 0.499. The molecule has 1 atom stereocenters. The van der Waals surface area contributed by atoms with Gasteiger partial charge < -0.3 is 9.73 Å². The molecule has 0 bridgehead atoms. The van der Waals surface area contributed by atoms with Crippen molar-refractivity contribution in [1.29, 1.82) is 0 Å². The Balaban J connectivity index is 1.95. The number of aryl methyl sites for hydroxylation is 1. The molecular formula is C17H16N2O. The minimum absolute atomic E-state index is 0.0187. The summed E-state index contributed by atoms with van der Waals surface area (Å²) in [5.41, 5.74) is 3.26. The molecule has 0 amide bonds. The van der Waals surface area contributed by atoms with Crippen LogP contribution in [0.5, 0.6) is 0 Å². The van der Waals surface area contributed by atoms with Crippen LogP contribution in [0.15, 0.2) is 71.6 Å². The number of rotatable bonds is 4. The third-order valence-corrected chi connectivity index (χ3v) is 3.15. The van der Waals surface area contributed by atoms with Crippen LogP contribution in [0, 0.1) is 6.92 Å². The molecule has 0 radical (unpaired) electrons. The van der Waals surface area contributed by atoms with Gasteiger partial charge >= 0.3 is 0 Å². The van der Waals surface area contributed by atoms with Crippen molar-refractivity contribution in [3.8, 4) is 0 Å². The third kappa shape index (κ3) is 2.72. The number of nitrogens with zero attached hydrogens (tertiary/aromatic N) is 1. The molecule has 20 heavy (non-hydrogen) atoms. The minimum Gasteiger partial charge on any atom is -0.467 e. The molecule has 3 aromatic rings. The molecular weight excluding hydrogens is 248 g/mol. The molecule has 2 aromatic heterocycles. The van der Waals surface area contributed by atoms with Crippen LogP contribution in [0.3, 0.4) is 0 Å². The zero-order valence-corrected chi connectivity index (χ0v) is 11.3. The number of hydrogen-bond donors (Lipinski definition) is 1. The van der Waals surface area contributed by atoms with Crippen molar-refractivity contribution >= 4 is 5.69 Å². The van der Waals surface area contributed by atoms with Crippen molar-refractivity contribution in [3.05, 3.63) is 84.1 Å². The Hall–Kier alpha value is -2.55. The van der Waals surface area contributed by atoms with Crippen LogP contribution in [0.25, 0.3) is 0 Å². The van der Waals surface area contributed by atoms with Crippen LogP contribution in [0.2, 0.25) is 0 Å². The van der Waals surface area contributed by atoms with E-state index in [1.165, 1.54) is 0 Å². The zero-order chi connectivity index (χ0) is 13.8. The maximum Gasteiger partial charge on any atom is 0.130 e. The summed E-state index contributed by atoms with van der Waals surface area (Å²) in [7, 11) is 0. The number of aromatic nitrogens is 1. The molecule has 0 aliphatic carbocycles. The Morgan fingerprint density at radius 3 is 2.60 bits per heavy atom. The van der Waals surface area contributed by atoms with Gasteiger partial charge in [0.25, 0.3) is 0 Å². The van der Waals surface area contributed by atoms with Crippen molar-refractivity contribution in [1.82, 2.24) is 4.98 Å². The number of anilines is 1. The molecule has 100 valence electrons. The Kier molecular flexibility index (Phi) is 3.50. The van der Waals surface area contributed by atoms with Gasteiger partial charge in [0.05, 0.1) is 12.0 Å². The maximum atomic E-state index is 5.57. The van der Waals surface area contributed by atoms with Crippen LogP contribution in [-0.4, -0.2) is 4.98 Å². The van der Waals surface area contributed by atoms with Gasteiger partial charge in [0.15, 0.2) is 0 Å². The second kappa shape index (κ2) is 5.61. The van der Waals surface area contributed by atoms with E-state index in [0.29, 0.717) is 0 Å². The second-order valence-electron chi connectivity index (χ2n) is 4.75. The van der Waals surface area contributed by atoms with Crippen molar-refractivity contribution in [2.24, 2.45) is 0 Å². The quantitative estimate of drug-likeness (QED) is 0.768. The largest absolute Gasteiger partial charge is 0.467 e. The van der Waals surface area contributed by atoms with E-state index in [1.807, 2.05) is 49.6 Å². The van der Waals surface area contributed by atoms with E-state index in [9.17, 15) is 0 Å². The van der Waals surface area contributed by atoms with E-state index >= 15 is 0 Å². The Labute approximate surface area is 118 Å². The van der Waals surface area contributed by atoms with E-state index in [-0.39, 0.29) is 6.04 Å². The summed E-state index contributed by atoms with van der Waals surface area (Å²) in [6.45, 7) is 2.03. The average molecular weight is 264 g/mol. The molecule has 0 saturated carbocycles. The Bertz CT molecular complexity index is 662. The van der Waals surface area contributed by atoms with Gasteiger partial charge in [-0.15, -0.1) is 0 Å². The predicted octanol–water partition coefficient (Wildman–Crippen LogP) is 4.18. The summed E-state index contributed by atoms with van der Waals surface area (Å²) in [4.78, 5) is 4.22. The average Bonchev–Trinajstić information content (AvgIpc) is 3.00. The highest BCUT2D eigenvalue weighted by Gasteiger charge is 2.16. The van der Waals surface area contributed by atoms with Crippen molar-refractivity contribution in [2.45, 2.75) is 13.0 Å². The summed E-state index contributed by atoms with van der Waals surface area (Å²) in [6.07, 6.45) is 5.36. The summed E-state index contributed by atoms with van der Waals surface area (Å²) in [6, 6.07) is 16.2. The highest BCUT2D eigenvalue weighted by molar-refractivity contribution is 5.47. The molecule has 0 fully saturated rings. The fourth-order valence-corrected chi connectivity index (χ4v) is 2.22. The van der Waals surface area contributed by atoms with Crippen LogP contribution in [0.4, 0.5) is 5.69 Å². The first kappa shape index (κ1) is 12.5. The Morgan fingerprint density at radius 2 is 1.90 bits per heavy atom. The lowest BCUT2D eigenvalue weighted by Gasteiger charge is -2.18. The topological polar surface area (TPSA) is 38.1 Å². The van der Waals surface area contributed by atoms with E-state index in [4.69, 9.17) is 4.42 Å². The lowest BCUT2D eigenvalue weighted by atomic mass is 10.0. The van der Waals surface area contributed by atoms with Gasteiger partial charge in [0.2, 0.25) is 0 Å². The molecule has 0 saturated heterocycles. The summed E-state index contributed by atoms with van der Waals surface area (Å²) in [5.74, 6) is 0.887. The molecule has 3 heteroatoms. The van der Waals surface area contributed by atoms with E-state index in [0.717, 1.165) is 22.6 Å². The first-order chi connectivity index (χ1) is 9.83. The summed E-state index contributed by atoms with van der Waals surface area (Å²) in [5, 5.41) is 3.48. The van der Waals surface area contributed by atoms with Crippen molar-refractivity contribution in [3.63, 3.8) is 0 Å². The van der Waals surface area contributed by atoms with E-state index < -0.39 is 0 Å². The smallest absolute Gasteiger partial charge is 0.130 e. The van der Waals surface area contributed by atoms with Gasteiger partial charge in [-0.3, -0.25) is 4.98 Å². The van der Waals surface area contributed by atoms with Gasteiger partial charge in [0, 0.05) is 12.4 Å².